The molecule has 3 aromatic rings. The Morgan fingerprint density at radius 1 is 0.524 bits per heavy atom. The van der Waals surface area contributed by atoms with E-state index in [-0.39, 0.29) is 0 Å². The molecule has 104 valence electrons. The molecule has 0 saturated heterocycles. The molecule has 3 rings (SSSR count). The lowest BCUT2D eigenvalue weighted by Crippen LogP contribution is -2.10. The maximum Gasteiger partial charge on any atom is 0.0502 e. The smallest absolute Gasteiger partial charge is 0.0502 e. The van der Waals surface area contributed by atoms with Crippen molar-refractivity contribution >= 4 is 28.4 Å². The van der Waals surface area contributed by atoms with Gasteiger partial charge in [0, 0.05) is 22.7 Å². The minimum atomic E-state index is 0.655. The Morgan fingerprint density at radius 2 is 0.952 bits per heavy atom. The van der Waals surface area contributed by atoms with Crippen LogP contribution in [0.4, 0.5) is 28.4 Å². The van der Waals surface area contributed by atoms with E-state index in [1.165, 1.54) is 0 Å². The number of para-hydroxylation sites is 2. The first-order chi connectivity index (χ1) is 10.2. The summed E-state index contributed by atoms with van der Waals surface area (Å²) in [6, 6.07) is 25.9. The van der Waals surface area contributed by atoms with Crippen LogP contribution in [0, 0.1) is 0 Å². The molecule has 0 aromatic heterocycles. The van der Waals surface area contributed by atoms with Crippen molar-refractivity contribution in [2.24, 2.45) is 0 Å². The molecule has 3 aromatic carbocycles. The number of benzene rings is 3. The number of hydrogen-bond donors (Lipinski definition) is 2. The Balaban J connectivity index is 2.17. The first-order valence-corrected chi connectivity index (χ1v) is 6.80. The molecule has 0 fully saturated rings. The Bertz CT molecular complexity index is 664. The van der Waals surface area contributed by atoms with E-state index < -0.39 is 0 Å². The van der Waals surface area contributed by atoms with Gasteiger partial charge in [0.1, 0.15) is 0 Å². The van der Waals surface area contributed by atoms with Crippen molar-refractivity contribution in [1.29, 1.82) is 0 Å². The summed E-state index contributed by atoms with van der Waals surface area (Å²) in [6.45, 7) is 0. The summed E-state index contributed by atoms with van der Waals surface area (Å²) in [5.74, 6) is 0. The van der Waals surface area contributed by atoms with Crippen molar-refractivity contribution in [2.45, 2.75) is 0 Å². The van der Waals surface area contributed by atoms with Crippen molar-refractivity contribution in [3.05, 3.63) is 78.9 Å². The summed E-state index contributed by atoms with van der Waals surface area (Å²) in [4.78, 5) is 2.13. The second-order valence-electron chi connectivity index (χ2n) is 4.86. The number of nitrogens with two attached hydrogens (primary N) is 2. The van der Waals surface area contributed by atoms with Crippen LogP contribution in [0.5, 0.6) is 0 Å². The normalized spacial score (nSPS) is 10.3. The maximum atomic E-state index is 5.95. The van der Waals surface area contributed by atoms with Crippen molar-refractivity contribution < 1.29 is 0 Å². The fraction of sp³-hybridized carbons (Fsp3) is 0. The van der Waals surface area contributed by atoms with Crippen molar-refractivity contribution in [3.63, 3.8) is 0 Å². The van der Waals surface area contributed by atoms with Gasteiger partial charge in [-0.05, 0) is 42.5 Å². The molecule has 0 bridgehead atoms. The fourth-order valence-electron chi connectivity index (χ4n) is 2.39. The van der Waals surface area contributed by atoms with Crippen LogP contribution in [0.3, 0.4) is 0 Å². The first kappa shape index (κ1) is 13.1. The largest absolute Gasteiger partial charge is 0.399 e. The number of nitrogen functional groups attached to an aromatic ring is 2. The second kappa shape index (κ2) is 5.59. The van der Waals surface area contributed by atoms with Crippen LogP contribution in [-0.2, 0) is 0 Å². The van der Waals surface area contributed by atoms with Crippen molar-refractivity contribution in [1.82, 2.24) is 0 Å². The number of hydrogen-bond acceptors (Lipinski definition) is 3. The highest BCUT2D eigenvalue weighted by molar-refractivity contribution is 5.80. The summed E-state index contributed by atoms with van der Waals surface area (Å²) < 4.78 is 0. The summed E-state index contributed by atoms with van der Waals surface area (Å²) >= 11 is 0. The van der Waals surface area contributed by atoms with Crippen LogP contribution in [0.2, 0.25) is 0 Å². The molecule has 0 atom stereocenters. The van der Waals surface area contributed by atoms with Gasteiger partial charge in [-0.3, -0.25) is 0 Å². The van der Waals surface area contributed by atoms with Crippen LogP contribution in [-0.4, -0.2) is 0 Å². The van der Waals surface area contributed by atoms with Gasteiger partial charge in [-0.1, -0.05) is 36.4 Å². The fourth-order valence-corrected chi connectivity index (χ4v) is 2.39. The summed E-state index contributed by atoms with van der Waals surface area (Å²) in [6.07, 6.45) is 0. The van der Waals surface area contributed by atoms with E-state index in [1.807, 2.05) is 48.5 Å². The SMILES string of the molecule is Nc1cc(N)cc(N(c2ccccc2)c2ccccc2)c1. The number of rotatable bonds is 3. The number of nitrogens with zero attached hydrogens (tertiary/aromatic N) is 1. The van der Waals surface area contributed by atoms with E-state index in [0.29, 0.717) is 11.4 Å². The third kappa shape index (κ3) is 2.82. The Labute approximate surface area is 124 Å². The highest BCUT2D eigenvalue weighted by Crippen LogP contribution is 2.35. The molecule has 3 heteroatoms. The quantitative estimate of drug-likeness (QED) is 0.700. The molecule has 0 radical (unpaired) electrons. The maximum absolute atomic E-state index is 5.95. The molecule has 0 aliphatic rings. The third-order valence-corrected chi connectivity index (χ3v) is 3.25. The predicted octanol–water partition coefficient (Wildman–Crippen LogP) is 4.32. The minimum absolute atomic E-state index is 0.655. The number of anilines is 5. The van der Waals surface area contributed by atoms with E-state index in [2.05, 4.69) is 29.2 Å². The van der Waals surface area contributed by atoms with E-state index in [4.69, 9.17) is 11.5 Å². The lowest BCUT2D eigenvalue weighted by Gasteiger charge is -2.25. The summed E-state index contributed by atoms with van der Waals surface area (Å²) in [5, 5.41) is 0. The molecule has 21 heavy (non-hydrogen) atoms. The lowest BCUT2D eigenvalue weighted by atomic mass is 10.1. The van der Waals surface area contributed by atoms with Gasteiger partial charge < -0.3 is 16.4 Å². The first-order valence-electron chi connectivity index (χ1n) is 6.80. The zero-order chi connectivity index (χ0) is 14.7. The molecule has 0 spiro atoms. The standard InChI is InChI=1S/C18H17N3/c19-14-11-15(20)13-18(12-14)21(16-7-3-1-4-8-16)17-9-5-2-6-10-17/h1-13H,19-20H2. The van der Waals surface area contributed by atoms with Gasteiger partial charge in [0.2, 0.25) is 0 Å². The zero-order valence-corrected chi connectivity index (χ0v) is 11.6. The van der Waals surface area contributed by atoms with Gasteiger partial charge in [0.25, 0.3) is 0 Å². The van der Waals surface area contributed by atoms with Crippen LogP contribution >= 0.6 is 0 Å². The van der Waals surface area contributed by atoms with Gasteiger partial charge in [-0.25, -0.2) is 0 Å². The summed E-state index contributed by atoms with van der Waals surface area (Å²) in [5.41, 5.74) is 16.3. The third-order valence-electron chi connectivity index (χ3n) is 3.25. The average molecular weight is 275 g/mol. The Morgan fingerprint density at radius 3 is 1.38 bits per heavy atom. The Kier molecular flexibility index (Phi) is 3.48. The van der Waals surface area contributed by atoms with Crippen molar-refractivity contribution in [2.75, 3.05) is 16.4 Å². The second-order valence-corrected chi connectivity index (χ2v) is 4.86. The zero-order valence-electron chi connectivity index (χ0n) is 11.6. The predicted molar refractivity (Wildman–Crippen MR) is 89.9 cm³/mol. The molecule has 3 nitrogen and oxygen atoms in total. The van der Waals surface area contributed by atoms with Crippen LogP contribution < -0.4 is 16.4 Å². The van der Waals surface area contributed by atoms with E-state index in [0.717, 1.165) is 17.1 Å². The van der Waals surface area contributed by atoms with E-state index >= 15 is 0 Å². The van der Waals surface area contributed by atoms with Crippen LogP contribution in [0.25, 0.3) is 0 Å². The highest BCUT2D eigenvalue weighted by Gasteiger charge is 2.12. The molecular formula is C18H17N3. The Hall–Kier alpha value is -2.94. The molecule has 0 unspecified atom stereocenters. The highest BCUT2D eigenvalue weighted by atomic mass is 15.1. The monoisotopic (exact) mass is 275 g/mol. The van der Waals surface area contributed by atoms with Crippen LogP contribution in [0.1, 0.15) is 0 Å². The van der Waals surface area contributed by atoms with Gasteiger partial charge in [-0.15, -0.1) is 0 Å². The van der Waals surface area contributed by atoms with Gasteiger partial charge >= 0.3 is 0 Å². The van der Waals surface area contributed by atoms with Gasteiger partial charge in [-0.2, -0.15) is 0 Å². The minimum Gasteiger partial charge on any atom is -0.399 e. The van der Waals surface area contributed by atoms with Crippen LogP contribution in [0.15, 0.2) is 78.9 Å². The van der Waals surface area contributed by atoms with Gasteiger partial charge in [0.05, 0.1) is 5.69 Å². The lowest BCUT2D eigenvalue weighted by molar-refractivity contribution is 1.28. The molecule has 0 heterocycles. The van der Waals surface area contributed by atoms with Crippen molar-refractivity contribution in [3.8, 4) is 0 Å². The molecule has 4 N–H and O–H groups in total. The summed E-state index contributed by atoms with van der Waals surface area (Å²) in [7, 11) is 0. The topological polar surface area (TPSA) is 55.3 Å². The van der Waals surface area contributed by atoms with Gasteiger partial charge in [0.15, 0.2) is 0 Å². The molecule has 0 amide bonds. The molecule has 0 aliphatic carbocycles. The average Bonchev–Trinajstić information content (AvgIpc) is 2.49. The molecule has 0 aliphatic heterocycles. The van der Waals surface area contributed by atoms with E-state index in [9.17, 15) is 0 Å². The molecule has 0 saturated carbocycles. The van der Waals surface area contributed by atoms with E-state index in [1.54, 1.807) is 6.07 Å². The molecular weight excluding hydrogens is 258 g/mol.